The van der Waals surface area contributed by atoms with Gasteiger partial charge in [-0.25, -0.2) is 0 Å². The van der Waals surface area contributed by atoms with E-state index in [4.69, 9.17) is 15.2 Å². The maximum absolute atomic E-state index is 5.86. The Kier molecular flexibility index (Phi) is 3.59. The molecule has 2 N–H and O–H groups in total. The van der Waals surface area contributed by atoms with Crippen LogP contribution in [0.1, 0.15) is 18.4 Å². The number of ether oxygens (including phenoxy) is 2. The fourth-order valence-corrected chi connectivity index (χ4v) is 1.73. The van der Waals surface area contributed by atoms with Crippen LogP contribution in [-0.2, 0) is 11.3 Å². The summed E-state index contributed by atoms with van der Waals surface area (Å²) in [5.41, 5.74) is 6.69. The first kappa shape index (κ1) is 10.5. The number of hydrogen-bond donors (Lipinski definition) is 1. The lowest BCUT2D eigenvalue weighted by Gasteiger charge is -2.23. The van der Waals surface area contributed by atoms with Crippen LogP contribution in [0, 0.1) is 0 Å². The van der Waals surface area contributed by atoms with Gasteiger partial charge in [0.15, 0.2) is 0 Å². The minimum absolute atomic E-state index is 0.298. The van der Waals surface area contributed by atoms with Crippen LogP contribution in [0.15, 0.2) is 24.3 Å². The molecular formula is C12H17NO2. The number of hydrogen-bond acceptors (Lipinski definition) is 3. The number of benzene rings is 1. The minimum Gasteiger partial charge on any atom is -0.490 e. The van der Waals surface area contributed by atoms with Gasteiger partial charge in [0.2, 0.25) is 0 Å². The Morgan fingerprint density at radius 3 is 2.87 bits per heavy atom. The second kappa shape index (κ2) is 5.14. The van der Waals surface area contributed by atoms with Crippen molar-refractivity contribution in [3.63, 3.8) is 0 Å². The Balaban J connectivity index is 1.96. The van der Waals surface area contributed by atoms with Gasteiger partial charge in [0.1, 0.15) is 11.9 Å². The van der Waals surface area contributed by atoms with E-state index in [1.807, 2.05) is 24.3 Å². The van der Waals surface area contributed by atoms with Gasteiger partial charge in [-0.1, -0.05) is 12.1 Å². The summed E-state index contributed by atoms with van der Waals surface area (Å²) in [5.74, 6) is 0.921. The van der Waals surface area contributed by atoms with Gasteiger partial charge >= 0.3 is 0 Å². The molecule has 82 valence electrons. The Hall–Kier alpha value is -1.06. The van der Waals surface area contributed by atoms with Crippen LogP contribution in [0.3, 0.4) is 0 Å². The van der Waals surface area contributed by atoms with Crippen molar-refractivity contribution in [2.45, 2.75) is 25.5 Å². The minimum atomic E-state index is 0.298. The molecule has 1 aliphatic rings. The normalized spacial score (nSPS) is 17.7. The molecule has 0 unspecified atom stereocenters. The van der Waals surface area contributed by atoms with Crippen molar-refractivity contribution in [3.05, 3.63) is 29.8 Å². The molecule has 0 aromatic heterocycles. The monoisotopic (exact) mass is 207 g/mol. The highest BCUT2D eigenvalue weighted by Gasteiger charge is 2.14. The van der Waals surface area contributed by atoms with Gasteiger partial charge in [-0.15, -0.1) is 0 Å². The van der Waals surface area contributed by atoms with E-state index < -0.39 is 0 Å². The Morgan fingerprint density at radius 2 is 2.13 bits per heavy atom. The third-order valence-corrected chi connectivity index (χ3v) is 2.61. The molecule has 0 saturated carbocycles. The van der Waals surface area contributed by atoms with E-state index in [-0.39, 0.29) is 0 Å². The zero-order chi connectivity index (χ0) is 10.5. The van der Waals surface area contributed by atoms with E-state index in [0.717, 1.165) is 37.4 Å². The fraction of sp³-hybridized carbons (Fsp3) is 0.500. The first-order valence-corrected chi connectivity index (χ1v) is 5.42. The summed E-state index contributed by atoms with van der Waals surface area (Å²) >= 11 is 0. The summed E-state index contributed by atoms with van der Waals surface area (Å²) in [6.45, 7) is 2.17. The molecule has 3 heteroatoms. The van der Waals surface area contributed by atoms with Gasteiger partial charge in [0, 0.05) is 19.4 Å². The van der Waals surface area contributed by atoms with Crippen molar-refractivity contribution in [2.24, 2.45) is 5.73 Å². The van der Waals surface area contributed by atoms with Gasteiger partial charge in [-0.3, -0.25) is 0 Å². The molecule has 2 rings (SSSR count). The zero-order valence-electron chi connectivity index (χ0n) is 8.82. The highest BCUT2D eigenvalue weighted by Crippen LogP contribution is 2.18. The van der Waals surface area contributed by atoms with Crippen molar-refractivity contribution in [1.82, 2.24) is 0 Å². The summed E-state index contributed by atoms with van der Waals surface area (Å²) in [6.07, 6.45) is 2.26. The van der Waals surface area contributed by atoms with Crippen molar-refractivity contribution >= 4 is 0 Å². The average molecular weight is 207 g/mol. The van der Waals surface area contributed by atoms with Crippen molar-refractivity contribution in [1.29, 1.82) is 0 Å². The molecule has 0 spiro atoms. The smallest absolute Gasteiger partial charge is 0.120 e. The van der Waals surface area contributed by atoms with Crippen LogP contribution in [-0.4, -0.2) is 19.3 Å². The lowest BCUT2D eigenvalue weighted by Crippen LogP contribution is -2.25. The van der Waals surface area contributed by atoms with Gasteiger partial charge in [0.25, 0.3) is 0 Å². The zero-order valence-corrected chi connectivity index (χ0v) is 8.82. The van der Waals surface area contributed by atoms with E-state index in [1.54, 1.807) is 0 Å². The molecule has 1 aromatic carbocycles. The number of rotatable bonds is 3. The van der Waals surface area contributed by atoms with Crippen LogP contribution in [0.25, 0.3) is 0 Å². The van der Waals surface area contributed by atoms with Crippen molar-refractivity contribution in [2.75, 3.05) is 13.2 Å². The Labute approximate surface area is 90.2 Å². The number of nitrogens with two attached hydrogens (primary N) is 1. The molecular weight excluding hydrogens is 190 g/mol. The van der Waals surface area contributed by atoms with Crippen molar-refractivity contribution in [3.8, 4) is 5.75 Å². The molecule has 1 saturated heterocycles. The van der Waals surface area contributed by atoms with E-state index in [9.17, 15) is 0 Å². The lowest BCUT2D eigenvalue weighted by molar-refractivity contribution is 0.0255. The first-order chi connectivity index (χ1) is 7.38. The molecule has 0 bridgehead atoms. The lowest BCUT2D eigenvalue weighted by atomic mass is 10.1. The predicted molar refractivity (Wildman–Crippen MR) is 58.8 cm³/mol. The summed E-state index contributed by atoms with van der Waals surface area (Å²) in [7, 11) is 0. The molecule has 1 aliphatic heterocycles. The predicted octanol–water partition coefficient (Wildman–Crippen LogP) is 1.70. The maximum Gasteiger partial charge on any atom is 0.120 e. The van der Waals surface area contributed by atoms with E-state index >= 15 is 0 Å². The SMILES string of the molecule is NCc1cccc(OC2CCOCC2)c1. The molecule has 1 fully saturated rings. The van der Waals surface area contributed by atoms with Gasteiger partial charge in [-0.05, 0) is 17.7 Å². The molecule has 1 heterocycles. The molecule has 0 atom stereocenters. The van der Waals surface area contributed by atoms with Crippen LogP contribution >= 0.6 is 0 Å². The second-order valence-corrected chi connectivity index (χ2v) is 3.78. The Morgan fingerprint density at radius 1 is 1.33 bits per heavy atom. The molecule has 3 nitrogen and oxygen atoms in total. The summed E-state index contributed by atoms with van der Waals surface area (Å²) in [5, 5.41) is 0. The van der Waals surface area contributed by atoms with Crippen LogP contribution in [0.4, 0.5) is 0 Å². The highest BCUT2D eigenvalue weighted by molar-refractivity contribution is 5.28. The third-order valence-electron chi connectivity index (χ3n) is 2.61. The topological polar surface area (TPSA) is 44.5 Å². The first-order valence-electron chi connectivity index (χ1n) is 5.42. The second-order valence-electron chi connectivity index (χ2n) is 3.78. The van der Waals surface area contributed by atoms with Gasteiger partial charge in [0.05, 0.1) is 13.2 Å². The largest absolute Gasteiger partial charge is 0.490 e. The van der Waals surface area contributed by atoms with Gasteiger partial charge < -0.3 is 15.2 Å². The van der Waals surface area contributed by atoms with E-state index in [1.165, 1.54) is 0 Å². The van der Waals surface area contributed by atoms with Crippen molar-refractivity contribution < 1.29 is 9.47 Å². The summed E-state index contributed by atoms with van der Waals surface area (Å²) < 4.78 is 11.1. The fourth-order valence-electron chi connectivity index (χ4n) is 1.73. The van der Waals surface area contributed by atoms with E-state index in [0.29, 0.717) is 12.6 Å². The standard InChI is InChI=1S/C12H17NO2/c13-9-10-2-1-3-12(8-10)15-11-4-6-14-7-5-11/h1-3,8,11H,4-7,9,13H2. The van der Waals surface area contributed by atoms with Gasteiger partial charge in [-0.2, -0.15) is 0 Å². The molecule has 0 radical (unpaired) electrons. The molecule has 1 aromatic rings. The maximum atomic E-state index is 5.86. The average Bonchev–Trinajstić information content (AvgIpc) is 2.31. The molecule has 0 aliphatic carbocycles. The third kappa shape index (κ3) is 2.94. The Bertz CT molecular complexity index is 308. The molecule has 15 heavy (non-hydrogen) atoms. The quantitative estimate of drug-likeness (QED) is 0.820. The summed E-state index contributed by atoms with van der Waals surface area (Å²) in [4.78, 5) is 0. The highest BCUT2D eigenvalue weighted by atomic mass is 16.5. The summed E-state index contributed by atoms with van der Waals surface area (Å²) in [6, 6.07) is 7.98. The van der Waals surface area contributed by atoms with Crippen LogP contribution in [0.5, 0.6) is 5.75 Å². The van der Waals surface area contributed by atoms with Crippen LogP contribution in [0.2, 0.25) is 0 Å². The molecule has 0 amide bonds. The van der Waals surface area contributed by atoms with Crippen LogP contribution < -0.4 is 10.5 Å². The van der Waals surface area contributed by atoms with E-state index in [2.05, 4.69) is 0 Å².